The molecule has 3 aromatic rings. The number of hydrogen-bond acceptors (Lipinski definition) is 3. The third-order valence-corrected chi connectivity index (χ3v) is 4.78. The van der Waals surface area contributed by atoms with Crippen LogP contribution < -0.4 is 16.2 Å². The van der Waals surface area contributed by atoms with Crippen LogP contribution >= 0.6 is 0 Å². The van der Waals surface area contributed by atoms with Gasteiger partial charge in [0.15, 0.2) is 0 Å². The lowest BCUT2D eigenvalue weighted by atomic mass is 10.1. The predicted octanol–water partition coefficient (Wildman–Crippen LogP) is 3.15. The molecule has 1 aromatic heterocycles. The summed E-state index contributed by atoms with van der Waals surface area (Å²) in [7, 11) is 1.80. The van der Waals surface area contributed by atoms with Crippen LogP contribution in [0.15, 0.2) is 53.3 Å². The molecule has 0 saturated heterocycles. The summed E-state index contributed by atoms with van der Waals surface area (Å²) >= 11 is 0. The predicted molar refractivity (Wildman–Crippen MR) is 109 cm³/mol. The molecule has 0 fully saturated rings. The first-order chi connectivity index (χ1) is 12.9. The third kappa shape index (κ3) is 3.79. The molecule has 0 radical (unpaired) electrons. The zero-order valence-electron chi connectivity index (χ0n) is 16.0. The molecule has 140 valence electrons. The average Bonchev–Trinajstić information content (AvgIpc) is 2.87. The van der Waals surface area contributed by atoms with E-state index in [-0.39, 0.29) is 18.0 Å². The standard InChI is InChI=1S/C21H24N4O2/c1-14-10-11-17(12-15(14)2)22-13-19(26)23-20-16(3)24(4)25(21(20)27)18-8-6-5-7-9-18/h5-12,22H,13H2,1-4H3,(H,23,26). The van der Waals surface area contributed by atoms with Gasteiger partial charge in [-0.15, -0.1) is 0 Å². The first kappa shape index (κ1) is 18.5. The van der Waals surface area contributed by atoms with Crippen molar-refractivity contribution in [1.29, 1.82) is 0 Å². The maximum atomic E-state index is 12.8. The molecule has 0 atom stereocenters. The smallest absolute Gasteiger partial charge is 0.295 e. The van der Waals surface area contributed by atoms with E-state index in [1.54, 1.807) is 16.4 Å². The lowest BCUT2D eigenvalue weighted by Crippen LogP contribution is -2.26. The minimum atomic E-state index is -0.265. The van der Waals surface area contributed by atoms with Crippen LogP contribution in [-0.4, -0.2) is 21.8 Å². The quantitative estimate of drug-likeness (QED) is 0.731. The molecule has 27 heavy (non-hydrogen) atoms. The van der Waals surface area contributed by atoms with E-state index < -0.39 is 0 Å². The van der Waals surface area contributed by atoms with Crippen molar-refractivity contribution in [2.24, 2.45) is 7.05 Å². The molecule has 2 aromatic carbocycles. The summed E-state index contributed by atoms with van der Waals surface area (Å²) in [6.45, 7) is 5.97. The number of carbonyl (C=O) groups excluding carboxylic acids is 1. The van der Waals surface area contributed by atoms with Crippen molar-refractivity contribution in [3.05, 3.63) is 75.7 Å². The molecule has 0 saturated carbocycles. The largest absolute Gasteiger partial charge is 0.376 e. The summed E-state index contributed by atoms with van der Waals surface area (Å²) < 4.78 is 3.28. The van der Waals surface area contributed by atoms with E-state index in [0.717, 1.165) is 16.9 Å². The van der Waals surface area contributed by atoms with Crippen molar-refractivity contribution in [3.63, 3.8) is 0 Å². The number of nitrogens with one attached hydrogen (secondary N) is 2. The summed E-state index contributed by atoms with van der Waals surface area (Å²) in [5.74, 6) is -0.265. The van der Waals surface area contributed by atoms with Crippen molar-refractivity contribution in [3.8, 4) is 5.69 Å². The second-order valence-corrected chi connectivity index (χ2v) is 6.64. The van der Waals surface area contributed by atoms with Gasteiger partial charge in [-0.25, -0.2) is 4.68 Å². The number of rotatable bonds is 5. The van der Waals surface area contributed by atoms with Crippen molar-refractivity contribution in [2.45, 2.75) is 20.8 Å². The zero-order valence-corrected chi connectivity index (χ0v) is 16.0. The molecule has 0 unspecified atom stereocenters. The molecule has 0 aliphatic carbocycles. The monoisotopic (exact) mass is 364 g/mol. The van der Waals surface area contributed by atoms with Gasteiger partial charge in [0.25, 0.3) is 5.56 Å². The molecule has 3 rings (SSSR count). The average molecular weight is 364 g/mol. The lowest BCUT2D eigenvalue weighted by molar-refractivity contribution is -0.114. The summed E-state index contributed by atoms with van der Waals surface area (Å²) in [4.78, 5) is 25.2. The minimum absolute atomic E-state index is 0.0849. The summed E-state index contributed by atoms with van der Waals surface area (Å²) in [5.41, 5.74) is 4.73. The van der Waals surface area contributed by atoms with Gasteiger partial charge in [-0.3, -0.25) is 14.3 Å². The number of anilines is 2. The van der Waals surface area contributed by atoms with Crippen LogP contribution in [0.4, 0.5) is 11.4 Å². The maximum Gasteiger partial charge on any atom is 0.295 e. The Bertz CT molecular complexity index is 1030. The van der Waals surface area contributed by atoms with E-state index in [4.69, 9.17) is 0 Å². The van der Waals surface area contributed by atoms with Gasteiger partial charge in [0.1, 0.15) is 5.69 Å². The van der Waals surface area contributed by atoms with E-state index in [2.05, 4.69) is 10.6 Å². The highest BCUT2D eigenvalue weighted by Crippen LogP contribution is 2.15. The molecule has 6 nitrogen and oxygen atoms in total. The van der Waals surface area contributed by atoms with Crippen LogP contribution in [0.3, 0.4) is 0 Å². The van der Waals surface area contributed by atoms with E-state index >= 15 is 0 Å². The second kappa shape index (κ2) is 7.53. The first-order valence-corrected chi connectivity index (χ1v) is 8.83. The van der Waals surface area contributed by atoms with Gasteiger partial charge in [0.05, 0.1) is 17.9 Å². The molecule has 1 heterocycles. The molecular weight excluding hydrogens is 340 g/mol. The van der Waals surface area contributed by atoms with E-state index in [1.807, 2.05) is 69.3 Å². The molecule has 0 aliphatic heterocycles. The Balaban J connectivity index is 1.76. The number of aromatic nitrogens is 2. The fraction of sp³-hybridized carbons (Fsp3) is 0.238. The normalized spacial score (nSPS) is 10.7. The summed E-state index contributed by atoms with van der Waals surface area (Å²) in [6.07, 6.45) is 0. The van der Waals surface area contributed by atoms with Gasteiger partial charge < -0.3 is 10.6 Å². The number of carbonyl (C=O) groups is 1. The molecule has 0 spiro atoms. The Morgan fingerprint density at radius 2 is 1.70 bits per heavy atom. The molecule has 0 bridgehead atoms. The Labute approximate surface area is 158 Å². The molecule has 6 heteroatoms. The Kier molecular flexibility index (Phi) is 5.16. The number of benzene rings is 2. The highest BCUT2D eigenvalue weighted by molar-refractivity contribution is 5.94. The third-order valence-electron chi connectivity index (χ3n) is 4.78. The molecule has 0 aliphatic rings. The highest BCUT2D eigenvalue weighted by Gasteiger charge is 2.17. The van der Waals surface area contributed by atoms with Crippen molar-refractivity contribution < 1.29 is 4.79 Å². The number of aryl methyl sites for hydroxylation is 2. The SMILES string of the molecule is Cc1ccc(NCC(=O)Nc2c(C)n(C)n(-c3ccccc3)c2=O)cc1C. The van der Waals surface area contributed by atoms with Gasteiger partial charge >= 0.3 is 0 Å². The Morgan fingerprint density at radius 1 is 1.00 bits per heavy atom. The fourth-order valence-corrected chi connectivity index (χ4v) is 2.93. The van der Waals surface area contributed by atoms with E-state index in [9.17, 15) is 9.59 Å². The number of para-hydroxylation sites is 1. The van der Waals surface area contributed by atoms with Crippen molar-refractivity contribution in [1.82, 2.24) is 9.36 Å². The number of nitrogens with zero attached hydrogens (tertiary/aromatic N) is 2. The molecule has 2 N–H and O–H groups in total. The van der Waals surface area contributed by atoms with Crippen molar-refractivity contribution >= 4 is 17.3 Å². The van der Waals surface area contributed by atoms with E-state index in [1.165, 1.54) is 5.56 Å². The topological polar surface area (TPSA) is 68.1 Å². The van der Waals surface area contributed by atoms with Gasteiger partial charge in [0, 0.05) is 12.7 Å². The van der Waals surface area contributed by atoms with Gasteiger partial charge in [0.2, 0.25) is 5.91 Å². The Morgan fingerprint density at radius 3 is 2.37 bits per heavy atom. The van der Waals surface area contributed by atoms with Crippen LogP contribution in [0.2, 0.25) is 0 Å². The maximum absolute atomic E-state index is 12.8. The summed E-state index contributed by atoms with van der Waals surface area (Å²) in [5, 5.41) is 5.85. The van der Waals surface area contributed by atoms with Crippen LogP contribution in [0, 0.1) is 20.8 Å². The van der Waals surface area contributed by atoms with Gasteiger partial charge in [-0.1, -0.05) is 24.3 Å². The van der Waals surface area contributed by atoms with Crippen LogP contribution in [0.25, 0.3) is 5.69 Å². The van der Waals surface area contributed by atoms with E-state index in [0.29, 0.717) is 11.4 Å². The van der Waals surface area contributed by atoms with Crippen LogP contribution in [-0.2, 0) is 11.8 Å². The number of hydrogen-bond donors (Lipinski definition) is 2. The van der Waals surface area contributed by atoms with Gasteiger partial charge in [-0.05, 0) is 56.2 Å². The highest BCUT2D eigenvalue weighted by atomic mass is 16.2. The number of amides is 1. The zero-order chi connectivity index (χ0) is 19.6. The van der Waals surface area contributed by atoms with Crippen LogP contribution in [0.1, 0.15) is 16.8 Å². The first-order valence-electron chi connectivity index (χ1n) is 8.83. The fourth-order valence-electron chi connectivity index (χ4n) is 2.93. The molecule has 1 amide bonds. The minimum Gasteiger partial charge on any atom is -0.376 e. The van der Waals surface area contributed by atoms with Crippen molar-refractivity contribution in [2.75, 3.05) is 17.2 Å². The lowest BCUT2D eigenvalue weighted by Gasteiger charge is -2.09. The second-order valence-electron chi connectivity index (χ2n) is 6.64. The summed E-state index contributed by atoms with van der Waals surface area (Å²) in [6, 6.07) is 15.3. The Hall–Kier alpha value is -3.28. The van der Waals surface area contributed by atoms with Crippen LogP contribution in [0.5, 0.6) is 0 Å². The molecular formula is C21H24N4O2. The van der Waals surface area contributed by atoms with Gasteiger partial charge in [-0.2, -0.15) is 0 Å².